The minimum atomic E-state index is 0.367. The van der Waals surface area contributed by atoms with Gasteiger partial charge in [-0.3, -0.25) is 0 Å². The molecule has 0 radical (unpaired) electrons. The molecule has 3 aromatic rings. The molecule has 0 aromatic heterocycles. The van der Waals surface area contributed by atoms with Gasteiger partial charge in [-0.15, -0.1) is 0 Å². The average molecular weight is 352 g/mol. The van der Waals surface area contributed by atoms with Gasteiger partial charge < -0.3 is 10.6 Å². The Bertz CT molecular complexity index is 990. The van der Waals surface area contributed by atoms with Crippen LogP contribution < -0.4 is 10.6 Å². The van der Waals surface area contributed by atoms with E-state index in [4.69, 9.17) is 0 Å². The fourth-order valence-corrected chi connectivity index (χ4v) is 4.60. The van der Waals surface area contributed by atoms with E-state index in [1.165, 1.54) is 22.4 Å². The lowest BCUT2D eigenvalue weighted by Gasteiger charge is -2.38. The van der Waals surface area contributed by atoms with E-state index in [0.29, 0.717) is 17.9 Å². The van der Waals surface area contributed by atoms with Gasteiger partial charge in [0, 0.05) is 23.0 Å². The first-order valence-corrected chi connectivity index (χ1v) is 9.74. The highest BCUT2D eigenvalue weighted by atomic mass is 15.0. The molecule has 1 aliphatic heterocycles. The molecule has 0 saturated heterocycles. The molecule has 0 fully saturated rings. The number of allylic oxidation sites excluding steroid dienone is 2. The predicted octanol–water partition coefficient (Wildman–Crippen LogP) is 6.57. The normalized spacial score (nSPS) is 22.6. The molecule has 0 spiro atoms. The van der Waals surface area contributed by atoms with Crippen LogP contribution in [0.1, 0.15) is 35.1 Å². The maximum absolute atomic E-state index is 3.85. The Morgan fingerprint density at radius 3 is 2.52 bits per heavy atom. The summed E-state index contributed by atoms with van der Waals surface area (Å²) < 4.78 is 0. The van der Waals surface area contributed by atoms with Gasteiger partial charge in [-0.05, 0) is 66.3 Å². The molecular formula is C25H24N2. The lowest BCUT2D eigenvalue weighted by molar-refractivity contribution is 0.424. The van der Waals surface area contributed by atoms with Gasteiger partial charge in [-0.25, -0.2) is 0 Å². The van der Waals surface area contributed by atoms with Crippen LogP contribution in [0, 0.1) is 12.8 Å². The summed E-state index contributed by atoms with van der Waals surface area (Å²) in [7, 11) is 0. The molecule has 3 atom stereocenters. The number of anilines is 3. The highest BCUT2D eigenvalue weighted by Gasteiger charge is 2.38. The zero-order valence-electron chi connectivity index (χ0n) is 15.5. The first-order valence-electron chi connectivity index (χ1n) is 9.74. The second-order valence-corrected chi connectivity index (χ2v) is 7.63. The summed E-state index contributed by atoms with van der Waals surface area (Å²) in [4.78, 5) is 0. The zero-order valence-corrected chi connectivity index (χ0v) is 15.5. The topological polar surface area (TPSA) is 24.1 Å². The van der Waals surface area contributed by atoms with Gasteiger partial charge in [0.2, 0.25) is 0 Å². The number of fused-ring (bicyclic) bond motifs is 3. The number of rotatable bonds is 3. The van der Waals surface area contributed by atoms with E-state index in [9.17, 15) is 0 Å². The van der Waals surface area contributed by atoms with E-state index in [1.807, 2.05) is 6.07 Å². The second kappa shape index (κ2) is 6.62. The summed E-state index contributed by atoms with van der Waals surface area (Å²) in [5.41, 5.74) is 7.72. The summed E-state index contributed by atoms with van der Waals surface area (Å²) in [6.45, 7) is 2.22. The number of benzene rings is 3. The van der Waals surface area contributed by atoms with Gasteiger partial charge in [-0.1, -0.05) is 54.6 Å². The Morgan fingerprint density at radius 1 is 0.852 bits per heavy atom. The molecule has 3 aromatic carbocycles. The molecule has 0 bridgehead atoms. The van der Waals surface area contributed by atoms with Gasteiger partial charge in [0.05, 0.1) is 6.04 Å². The van der Waals surface area contributed by atoms with Crippen LogP contribution in [0.3, 0.4) is 0 Å². The highest BCUT2D eigenvalue weighted by molar-refractivity contribution is 5.68. The van der Waals surface area contributed by atoms with E-state index in [-0.39, 0.29) is 0 Å². The quantitative estimate of drug-likeness (QED) is 0.521. The van der Waals surface area contributed by atoms with Gasteiger partial charge in [-0.2, -0.15) is 0 Å². The molecule has 2 N–H and O–H groups in total. The van der Waals surface area contributed by atoms with Crippen LogP contribution in [0.4, 0.5) is 17.1 Å². The van der Waals surface area contributed by atoms with Crippen molar-refractivity contribution in [2.24, 2.45) is 5.92 Å². The number of aryl methyl sites for hydroxylation is 1. The summed E-state index contributed by atoms with van der Waals surface area (Å²) >= 11 is 0. The summed E-state index contributed by atoms with van der Waals surface area (Å²) in [6.07, 6.45) is 5.89. The van der Waals surface area contributed by atoms with Crippen molar-refractivity contribution in [1.82, 2.24) is 0 Å². The molecule has 5 rings (SSSR count). The number of nitrogens with one attached hydrogen (secondary N) is 2. The third-order valence-electron chi connectivity index (χ3n) is 5.95. The van der Waals surface area contributed by atoms with E-state index in [1.54, 1.807) is 0 Å². The average Bonchev–Trinajstić information content (AvgIpc) is 3.19. The smallest absolute Gasteiger partial charge is 0.0556 e. The van der Waals surface area contributed by atoms with Crippen LogP contribution in [0.25, 0.3) is 0 Å². The van der Waals surface area contributed by atoms with Gasteiger partial charge in [0.15, 0.2) is 0 Å². The van der Waals surface area contributed by atoms with E-state index in [0.717, 1.165) is 17.8 Å². The van der Waals surface area contributed by atoms with Gasteiger partial charge in [0.25, 0.3) is 0 Å². The Kier molecular flexibility index (Phi) is 3.97. The van der Waals surface area contributed by atoms with Crippen LogP contribution in [0.15, 0.2) is 84.9 Å². The molecule has 27 heavy (non-hydrogen) atoms. The van der Waals surface area contributed by atoms with Crippen molar-refractivity contribution in [2.75, 3.05) is 10.6 Å². The minimum absolute atomic E-state index is 0.367. The first kappa shape index (κ1) is 16.2. The SMILES string of the molecule is Cc1ccccc1C1Nc2ccc(Nc3ccccc3)cc2C2C=CCC21. The second-order valence-electron chi connectivity index (χ2n) is 7.63. The Labute approximate surface area is 160 Å². The number of hydrogen-bond donors (Lipinski definition) is 2. The van der Waals surface area contributed by atoms with Crippen molar-refractivity contribution < 1.29 is 0 Å². The standard InChI is InChI=1S/C25H24N2/c1-17-8-5-6-11-20(17)25-22-13-7-12-21(22)23-16-19(14-15-24(23)27-25)26-18-9-3-2-4-10-18/h2-12,14-16,21-22,25-27H,13H2,1H3. The molecule has 2 heteroatoms. The molecular weight excluding hydrogens is 328 g/mol. The Balaban J connectivity index is 1.51. The molecule has 1 aliphatic carbocycles. The lowest BCUT2D eigenvalue weighted by atomic mass is 9.76. The third-order valence-corrected chi connectivity index (χ3v) is 5.95. The van der Waals surface area contributed by atoms with E-state index >= 15 is 0 Å². The van der Waals surface area contributed by atoms with Crippen molar-refractivity contribution in [2.45, 2.75) is 25.3 Å². The predicted molar refractivity (Wildman–Crippen MR) is 114 cm³/mol. The maximum Gasteiger partial charge on any atom is 0.0556 e. The Hall–Kier alpha value is -3.00. The lowest BCUT2D eigenvalue weighted by Crippen LogP contribution is -2.29. The number of para-hydroxylation sites is 1. The molecule has 2 nitrogen and oxygen atoms in total. The first-order chi connectivity index (χ1) is 13.3. The van der Waals surface area contributed by atoms with Crippen LogP contribution in [-0.4, -0.2) is 0 Å². The summed E-state index contributed by atoms with van der Waals surface area (Å²) in [5, 5.41) is 7.38. The molecule has 3 unspecified atom stereocenters. The van der Waals surface area contributed by atoms with E-state index in [2.05, 4.69) is 96.4 Å². The van der Waals surface area contributed by atoms with Gasteiger partial charge in [0.1, 0.15) is 0 Å². The molecule has 134 valence electrons. The molecule has 0 amide bonds. The summed E-state index contributed by atoms with van der Waals surface area (Å²) in [6, 6.07) is 26.2. The summed E-state index contributed by atoms with van der Waals surface area (Å²) in [5.74, 6) is 1.05. The fourth-order valence-electron chi connectivity index (χ4n) is 4.60. The zero-order chi connectivity index (χ0) is 18.2. The number of hydrogen-bond acceptors (Lipinski definition) is 2. The van der Waals surface area contributed by atoms with E-state index < -0.39 is 0 Å². The minimum Gasteiger partial charge on any atom is -0.378 e. The van der Waals surface area contributed by atoms with Crippen molar-refractivity contribution in [1.29, 1.82) is 0 Å². The molecule has 1 heterocycles. The highest BCUT2D eigenvalue weighted by Crippen LogP contribution is 2.50. The Morgan fingerprint density at radius 2 is 1.67 bits per heavy atom. The fraction of sp³-hybridized carbons (Fsp3) is 0.200. The third kappa shape index (κ3) is 2.91. The van der Waals surface area contributed by atoms with Crippen LogP contribution in [-0.2, 0) is 0 Å². The van der Waals surface area contributed by atoms with Crippen molar-refractivity contribution >= 4 is 17.1 Å². The van der Waals surface area contributed by atoms with Gasteiger partial charge >= 0.3 is 0 Å². The molecule has 2 aliphatic rings. The van der Waals surface area contributed by atoms with Crippen LogP contribution in [0.2, 0.25) is 0 Å². The monoisotopic (exact) mass is 352 g/mol. The largest absolute Gasteiger partial charge is 0.378 e. The van der Waals surface area contributed by atoms with Crippen molar-refractivity contribution in [3.63, 3.8) is 0 Å². The molecule has 0 saturated carbocycles. The van der Waals surface area contributed by atoms with Crippen molar-refractivity contribution in [3.8, 4) is 0 Å². The van der Waals surface area contributed by atoms with Crippen LogP contribution in [0.5, 0.6) is 0 Å². The van der Waals surface area contributed by atoms with Crippen LogP contribution >= 0.6 is 0 Å². The maximum atomic E-state index is 3.85. The van der Waals surface area contributed by atoms with Crippen molar-refractivity contribution in [3.05, 3.63) is 102 Å².